The molecule has 0 N–H and O–H groups in total. The predicted octanol–water partition coefficient (Wildman–Crippen LogP) is 23.6. The highest BCUT2D eigenvalue weighted by molar-refractivity contribution is 5.94. The summed E-state index contributed by atoms with van der Waals surface area (Å²) in [5.74, 6) is 2.91. The summed E-state index contributed by atoms with van der Waals surface area (Å²) in [5.41, 5.74) is 46.2. The molecular weight excluding hydrogens is 1120 g/mol. The molecule has 450 valence electrons. The third kappa shape index (κ3) is 10.7. The van der Waals surface area contributed by atoms with Crippen molar-refractivity contribution < 1.29 is 8.83 Å². The summed E-state index contributed by atoms with van der Waals surface area (Å²) in [6.45, 7) is 25.6. The molecule has 4 aliphatic rings. The molecule has 4 heteroatoms. The fourth-order valence-electron chi connectivity index (χ4n) is 14.6. The first-order valence-corrected chi connectivity index (χ1v) is 32.6. The van der Waals surface area contributed by atoms with E-state index >= 15 is 0 Å². The van der Waals surface area contributed by atoms with Gasteiger partial charge in [0.05, 0.1) is 22.4 Å². The van der Waals surface area contributed by atoms with Crippen LogP contribution in [0.25, 0.3) is 117 Å². The lowest BCUT2D eigenvalue weighted by atomic mass is 9.96. The summed E-state index contributed by atoms with van der Waals surface area (Å²) in [4.78, 5) is 9.63. The first kappa shape index (κ1) is 58.2. The highest BCUT2D eigenvalue weighted by Gasteiger charge is 2.25. The number of furan rings is 2. The van der Waals surface area contributed by atoms with E-state index in [1.165, 1.54) is 167 Å². The Bertz CT molecular complexity index is 5260. The average Bonchev–Trinajstić information content (AvgIpc) is 1.76. The molecule has 3 heterocycles. The number of aryl methyl sites for hydroxylation is 10. The Labute approximate surface area is 541 Å². The molecule has 0 amide bonds. The minimum atomic E-state index is 0.944. The highest BCUT2D eigenvalue weighted by Crippen LogP contribution is 2.46. The summed E-state index contributed by atoms with van der Waals surface area (Å²) in [5, 5.41) is 1.17. The molecule has 13 aromatic rings. The van der Waals surface area contributed by atoms with Crippen molar-refractivity contribution in [3.8, 4) is 89.2 Å². The van der Waals surface area contributed by atoms with Crippen LogP contribution >= 0.6 is 0 Å². The third-order valence-electron chi connectivity index (χ3n) is 20.2. The van der Waals surface area contributed by atoms with Gasteiger partial charge >= 0.3 is 0 Å². The molecule has 17 rings (SSSR count). The first-order chi connectivity index (χ1) is 44.4. The quantitative estimate of drug-likeness (QED) is 0.166. The normalized spacial score (nSPS) is 13.1. The van der Waals surface area contributed by atoms with E-state index in [2.05, 4.69) is 250 Å². The van der Waals surface area contributed by atoms with E-state index < -0.39 is 0 Å². The lowest BCUT2D eigenvalue weighted by Crippen LogP contribution is -1.95. The van der Waals surface area contributed by atoms with Gasteiger partial charge in [0.15, 0.2) is 0 Å². The minimum Gasteiger partial charge on any atom is -0.466 e. The van der Waals surface area contributed by atoms with Gasteiger partial charge in [-0.3, -0.25) is 0 Å². The molecule has 0 aliphatic heterocycles. The number of nitrogens with zero attached hydrogens (tertiary/aromatic N) is 2. The Balaban J connectivity index is 0.000000115. The first-order valence-electron chi connectivity index (χ1n) is 32.6. The zero-order valence-electron chi connectivity index (χ0n) is 55.0. The molecule has 3 aromatic heterocycles. The zero-order chi connectivity index (χ0) is 63.4. The van der Waals surface area contributed by atoms with Crippen LogP contribution in [0, 0.1) is 69.2 Å². The Kier molecular flexibility index (Phi) is 14.5. The van der Waals surface area contributed by atoms with Gasteiger partial charge in [-0.1, -0.05) is 169 Å². The Morgan fingerprint density at radius 2 is 0.750 bits per heavy atom. The van der Waals surface area contributed by atoms with Crippen LogP contribution in [0.2, 0.25) is 0 Å². The topological polar surface area (TPSA) is 52.1 Å². The number of fused-ring (bicyclic) bond motifs is 11. The van der Waals surface area contributed by atoms with Gasteiger partial charge in [-0.2, -0.15) is 0 Å². The van der Waals surface area contributed by atoms with Crippen LogP contribution in [-0.2, 0) is 19.3 Å². The Morgan fingerprint density at radius 1 is 0.315 bits per heavy atom. The standard InChI is InChI=1S/C31H26N2.C31H26O.C26H24O/c1-18-8-9-22(14-19(18)2)23-10-12-27-25(15-23)17-26-16-24(11-13-28(26)27)29-6-5-7-30-31(29)33-21(4)20(3)32-30;1-18-5-6-22(11-19(18)2)23-7-9-28-25(14-23)16-26-15-24(8-10-29(26)28)31-17-27-12-20(3)21(4)13-30(27)32-31;1-15-9-16(2)25(10-15)19-5-7-23-21(12-19)14-22-13-20(6-8-24(22)23)26-11-17(3)27-18(26)4/h5-16H,17H2,1-4H3;5-15,17H,16H2,1-4H3;5-8,10-13H,9,14H2,1-4H3. The van der Waals surface area contributed by atoms with Gasteiger partial charge in [0, 0.05) is 22.1 Å². The molecule has 0 saturated heterocycles. The second-order valence-electron chi connectivity index (χ2n) is 26.7. The lowest BCUT2D eigenvalue weighted by Gasteiger charge is -2.10. The number of para-hydroxylation sites is 1. The van der Waals surface area contributed by atoms with Crippen molar-refractivity contribution >= 4 is 27.6 Å². The van der Waals surface area contributed by atoms with Gasteiger partial charge in [-0.25, -0.2) is 9.97 Å². The van der Waals surface area contributed by atoms with Crippen LogP contribution in [0.3, 0.4) is 0 Å². The van der Waals surface area contributed by atoms with Crippen LogP contribution in [0.1, 0.15) is 116 Å². The number of allylic oxidation sites excluding steroid dienone is 4. The fraction of sp³-hybridized carbons (Fsp3) is 0.182. The van der Waals surface area contributed by atoms with Crippen LogP contribution in [0.5, 0.6) is 0 Å². The number of rotatable bonds is 6. The van der Waals surface area contributed by atoms with Crippen molar-refractivity contribution in [2.45, 2.75) is 109 Å². The van der Waals surface area contributed by atoms with Crippen LogP contribution in [0.4, 0.5) is 0 Å². The molecule has 4 aliphatic carbocycles. The monoisotopic (exact) mass is 1190 g/mol. The van der Waals surface area contributed by atoms with Crippen molar-refractivity contribution in [1.82, 2.24) is 9.97 Å². The van der Waals surface area contributed by atoms with Crippen molar-refractivity contribution in [3.63, 3.8) is 0 Å². The summed E-state index contributed by atoms with van der Waals surface area (Å²) < 4.78 is 12.0. The van der Waals surface area contributed by atoms with Gasteiger partial charge in [0.25, 0.3) is 0 Å². The number of hydrogen-bond acceptors (Lipinski definition) is 4. The SMILES string of the molecule is CC1=CC(c2ccc3c(c2)Cc2cc(-c4cc(C)oc4C)ccc2-3)=C(C)C1.Cc1ccc(-c2ccc3c(c2)Cc2cc(-c4cc5cc(C)c(C)cc5o4)ccc2-3)cc1C.Cc1ccc(-c2ccc3c(c2)Cc2cc(-c4cccc5nc(C)c(C)nc45)ccc2-3)cc1C. The lowest BCUT2D eigenvalue weighted by molar-refractivity contribution is 0.505. The summed E-state index contributed by atoms with van der Waals surface area (Å²) in [6.07, 6.45) is 6.40. The van der Waals surface area contributed by atoms with E-state index in [0.29, 0.717) is 0 Å². The zero-order valence-corrected chi connectivity index (χ0v) is 55.0. The van der Waals surface area contributed by atoms with Gasteiger partial charge < -0.3 is 8.83 Å². The van der Waals surface area contributed by atoms with Crippen molar-refractivity contribution in [2.24, 2.45) is 0 Å². The molecule has 0 unspecified atom stereocenters. The van der Waals surface area contributed by atoms with Crippen molar-refractivity contribution in [1.29, 1.82) is 0 Å². The number of hydrogen-bond donors (Lipinski definition) is 0. The molecule has 0 bridgehead atoms. The summed E-state index contributed by atoms with van der Waals surface area (Å²) >= 11 is 0. The molecule has 0 atom stereocenters. The van der Waals surface area contributed by atoms with Gasteiger partial charge in [-0.05, 0) is 290 Å². The maximum Gasteiger partial charge on any atom is 0.135 e. The second-order valence-corrected chi connectivity index (χ2v) is 26.7. The predicted molar refractivity (Wildman–Crippen MR) is 385 cm³/mol. The van der Waals surface area contributed by atoms with Gasteiger partial charge in [-0.15, -0.1) is 0 Å². The molecule has 0 saturated carbocycles. The highest BCUT2D eigenvalue weighted by atomic mass is 16.3. The third-order valence-corrected chi connectivity index (χ3v) is 20.2. The number of aromatic nitrogens is 2. The van der Waals surface area contributed by atoms with E-state index in [1.807, 2.05) is 27.7 Å². The minimum absolute atomic E-state index is 0.944. The van der Waals surface area contributed by atoms with Gasteiger partial charge in [0.1, 0.15) is 22.9 Å². The molecule has 92 heavy (non-hydrogen) atoms. The molecule has 0 radical (unpaired) electrons. The largest absolute Gasteiger partial charge is 0.466 e. The van der Waals surface area contributed by atoms with Crippen molar-refractivity contribution in [3.05, 3.63) is 301 Å². The van der Waals surface area contributed by atoms with E-state index in [0.717, 1.165) is 82.1 Å². The molecule has 0 fully saturated rings. The second kappa shape index (κ2) is 23.0. The average molecular weight is 1190 g/mol. The van der Waals surface area contributed by atoms with E-state index in [-0.39, 0.29) is 0 Å². The smallest absolute Gasteiger partial charge is 0.135 e. The maximum atomic E-state index is 6.22. The van der Waals surface area contributed by atoms with Crippen LogP contribution < -0.4 is 0 Å². The molecule has 0 spiro atoms. The van der Waals surface area contributed by atoms with Crippen molar-refractivity contribution in [2.75, 3.05) is 0 Å². The van der Waals surface area contributed by atoms with E-state index in [1.54, 1.807) is 0 Å². The molecule has 4 nitrogen and oxygen atoms in total. The Morgan fingerprint density at radius 3 is 1.26 bits per heavy atom. The summed E-state index contributed by atoms with van der Waals surface area (Å²) in [6, 6.07) is 69.8. The number of benzene rings is 10. The summed E-state index contributed by atoms with van der Waals surface area (Å²) in [7, 11) is 0. The Hall–Kier alpha value is -10.2. The van der Waals surface area contributed by atoms with Crippen LogP contribution in [0.15, 0.2) is 214 Å². The van der Waals surface area contributed by atoms with Gasteiger partial charge in [0.2, 0.25) is 0 Å². The fourth-order valence-corrected chi connectivity index (χ4v) is 14.6. The van der Waals surface area contributed by atoms with E-state index in [9.17, 15) is 0 Å². The molecule has 10 aromatic carbocycles. The molecular formula is C88H76N2O2. The maximum absolute atomic E-state index is 6.22. The van der Waals surface area contributed by atoms with E-state index in [4.69, 9.17) is 18.8 Å². The van der Waals surface area contributed by atoms with Crippen LogP contribution in [-0.4, -0.2) is 9.97 Å².